The minimum absolute atomic E-state index is 0.0927. The first kappa shape index (κ1) is 30.6. The number of amides is 4. The molecule has 13 heteroatoms. The molecular formula is C28H37N9O4. The van der Waals surface area contributed by atoms with Gasteiger partial charge in [-0.05, 0) is 36.5 Å². The van der Waals surface area contributed by atoms with Crippen molar-refractivity contribution in [2.24, 2.45) is 27.9 Å². The number of carbonyl (C=O) groups excluding carboxylic acids is 4. The number of guanidine groups is 1. The van der Waals surface area contributed by atoms with Gasteiger partial charge in [-0.15, -0.1) is 0 Å². The Balaban J connectivity index is 1.77. The van der Waals surface area contributed by atoms with Crippen LogP contribution in [0.25, 0.3) is 10.9 Å². The second kappa shape index (κ2) is 15.0. The summed E-state index contributed by atoms with van der Waals surface area (Å²) in [4.78, 5) is 57.9. The van der Waals surface area contributed by atoms with Crippen molar-refractivity contribution in [1.82, 2.24) is 20.9 Å². The number of aliphatic imine (C=N–C) groups is 1. The Labute approximate surface area is 237 Å². The standard InChI is InChI=1S/C28H37N9O4/c29-20(13-17-7-2-1-3-8-17)25(39)36-22(11-6-12-33-28(31)32)27(41)37-23(26(40)35-16-24(30)38)14-18-15-34-21-10-5-4-9-19(18)21/h1-5,7-10,15,20,22-23,34H,6,11-14,16,29H2,(H2,30,38)(H,35,40)(H,36,39)(H,37,41)(H4,31,32,33). The van der Waals surface area contributed by atoms with Crippen molar-refractivity contribution in [3.63, 3.8) is 0 Å². The molecule has 3 unspecified atom stereocenters. The number of benzene rings is 2. The minimum Gasteiger partial charge on any atom is -0.370 e. The van der Waals surface area contributed by atoms with Crippen LogP contribution in [0.15, 0.2) is 65.8 Å². The summed E-state index contributed by atoms with van der Waals surface area (Å²) < 4.78 is 0. The van der Waals surface area contributed by atoms with Crippen LogP contribution in [0.5, 0.6) is 0 Å². The highest BCUT2D eigenvalue weighted by Gasteiger charge is 2.29. The second-order valence-electron chi connectivity index (χ2n) is 9.62. The number of H-pyrrole nitrogens is 1. The van der Waals surface area contributed by atoms with Crippen molar-refractivity contribution in [1.29, 1.82) is 0 Å². The lowest BCUT2D eigenvalue weighted by atomic mass is 10.0. The van der Waals surface area contributed by atoms with Crippen LogP contribution in [-0.2, 0) is 32.0 Å². The van der Waals surface area contributed by atoms with Gasteiger partial charge >= 0.3 is 0 Å². The number of aromatic nitrogens is 1. The largest absolute Gasteiger partial charge is 0.370 e. The number of hydrogen-bond acceptors (Lipinski definition) is 6. The summed E-state index contributed by atoms with van der Waals surface area (Å²) in [6, 6.07) is 13.8. The number of fused-ring (bicyclic) bond motifs is 1. The van der Waals surface area contributed by atoms with Crippen LogP contribution in [0.1, 0.15) is 24.0 Å². The molecule has 0 saturated heterocycles. The van der Waals surface area contributed by atoms with Crippen LogP contribution in [0.2, 0.25) is 0 Å². The number of nitrogens with two attached hydrogens (primary N) is 4. The highest BCUT2D eigenvalue weighted by Crippen LogP contribution is 2.19. The predicted octanol–water partition coefficient (Wildman–Crippen LogP) is -1.09. The Morgan fingerprint density at radius 3 is 2.22 bits per heavy atom. The Kier molecular flexibility index (Phi) is 11.2. The molecule has 0 aliphatic carbocycles. The van der Waals surface area contributed by atoms with Gasteiger partial charge in [-0.25, -0.2) is 0 Å². The molecular weight excluding hydrogens is 526 g/mol. The molecule has 3 rings (SSSR count). The van der Waals surface area contributed by atoms with Crippen LogP contribution >= 0.6 is 0 Å². The van der Waals surface area contributed by atoms with E-state index < -0.39 is 48.3 Å². The Morgan fingerprint density at radius 2 is 1.51 bits per heavy atom. The normalized spacial score (nSPS) is 13.0. The second-order valence-corrected chi connectivity index (χ2v) is 9.62. The van der Waals surface area contributed by atoms with E-state index in [2.05, 4.69) is 25.9 Å². The fourth-order valence-corrected chi connectivity index (χ4v) is 4.31. The topological polar surface area (TPSA) is 237 Å². The maximum atomic E-state index is 13.5. The van der Waals surface area contributed by atoms with Crippen molar-refractivity contribution in [2.75, 3.05) is 13.1 Å². The van der Waals surface area contributed by atoms with Gasteiger partial charge in [0.05, 0.1) is 12.6 Å². The van der Waals surface area contributed by atoms with Crippen LogP contribution in [0.3, 0.4) is 0 Å². The SMILES string of the molecule is NC(=O)CNC(=O)C(Cc1c[nH]c2ccccc12)NC(=O)C(CCCN=C(N)N)NC(=O)C(N)Cc1ccccc1. The number of primary amides is 1. The highest BCUT2D eigenvalue weighted by atomic mass is 16.2. The fourth-order valence-electron chi connectivity index (χ4n) is 4.31. The van der Waals surface area contributed by atoms with Gasteiger partial charge in [0.1, 0.15) is 12.1 Å². The molecule has 0 bridgehead atoms. The highest BCUT2D eigenvalue weighted by molar-refractivity contribution is 5.94. The molecule has 12 N–H and O–H groups in total. The number of carbonyl (C=O) groups is 4. The molecule has 13 nitrogen and oxygen atoms in total. The van der Waals surface area contributed by atoms with Crippen molar-refractivity contribution < 1.29 is 19.2 Å². The molecule has 0 aliphatic heterocycles. The summed E-state index contributed by atoms with van der Waals surface area (Å²) in [6.07, 6.45) is 2.68. The van der Waals surface area contributed by atoms with Crippen molar-refractivity contribution in [3.05, 3.63) is 71.9 Å². The minimum atomic E-state index is -1.07. The van der Waals surface area contributed by atoms with E-state index in [-0.39, 0.29) is 31.8 Å². The molecule has 0 fully saturated rings. The van der Waals surface area contributed by atoms with Crippen LogP contribution in [-0.4, -0.2) is 65.8 Å². The number of nitrogens with zero attached hydrogens (tertiary/aromatic N) is 1. The van der Waals surface area contributed by atoms with Gasteiger partial charge in [0.15, 0.2) is 5.96 Å². The van der Waals surface area contributed by atoms with Gasteiger partial charge in [0.2, 0.25) is 23.6 Å². The summed E-state index contributed by atoms with van der Waals surface area (Å²) in [6.45, 7) is -0.165. The molecule has 3 aromatic rings. The number of hydrogen-bond donors (Lipinski definition) is 8. The summed E-state index contributed by atoms with van der Waals surface area (Å²) in [5.41, 5.74) is 24.6. The van der Waals surface area contributed by atoms with Crippen molar-refractivity contribution in [3.8, 4) is 0 Å². The van der Waals surface area contributed by atoms with Crippen LogP contribution < -0.4 is 38.9 Å². The molecule has 3 atom stereocenters. The first-order valence-corrected chi connectivity index (χ1v) is 13.2. The summed E-state index contributed by atoms with van der Waals surface area (Å²) in [5, 5.41) is 8.76. The maximum absolute atomic E-state index is 13.5. The van der Waals surface area contributed by atoms with E-state index in [9.17, 15) is 19.2 Å². The third-order valence-electron chi connectivity index (χ3n) is 6.38. The monoisotopic (exact) mass is 563 g/mol. The van der Waals surface area contributed by atoms with Crippen molar-refractivity contribution >= 4 is 40.5 Å². The zero-order chi connectivity index (χ0) is 29.8. The molecule has 0 saturated carbocycles. The van der Waals surface area contributed by atoms with Gasteiger partial charge in [0, 0.05) is 30.1 Å². The number of rotatable bonds is 15. The lowest BCUT2D eigenvalue weighted by Gasteiger charge is -2.24. The predicted molar refractivity (Wildman–Crippen MR) is 156 cm³/mol. The lowest BCUT2D eigenvalue weighted by Crippen LogP contribution is -2.56. The Bertz CT molecular complexity index is 1370. The number of para-hydroxylation sites is 1. The summed E-state index contributed by atoms with van der Waals surface area (Å²) in [7, 11) is 0. The van der Waals surface area contributed by atoms with E-state index >= 15 is 0 Å². The zero-order valence-electron chi connectivity index (χ0n) is 22.6. The fraction of sp³-hybridized carbons (Fsp3) is 0.321. The summed E-state index contributed by atoms with van der Waals surface area (Å²) >= 11 is 0. The molecule has 0 radical (unpaired) electrons. The number of aromatic amines is 1. The Morgan fingerprint density at radius 1 is 0.829 bits per heavy atom. The smallest absolute Gasteiger partial charge is 0.243 e. The molecule has 1 aromatic heterocycles. The third-order valence-corrected chi connectivity index (χ3v) is 6.38. The van der Waals surface area contributed by atoms with E-state index in [0.717, 1.165) is 22.0 Å². The first-order chi connectivity index (χ1) is 19.6. The van der Waals surface area contributed by atoms with E-state index in [0.29, 0.717) is 6.42 Å². The van der Waals surface area contributed by atoms with E-state index in [1.54, 1.807) is 6.20 Å². The zero-order valence-corrected chi connectivity index (χ0v) is 22.6. The average molecular weight is 564 g/mol. The van der Waals surface area contributed by atoms with Crippen LogP contribution in [0.4, 0.5) is 0 Å². The molecule has 0 spiro atoms. The van der Waals surface area contributed by atoms with E-state index in [1.807, 2.05) is 54.6 Å². The lowest BCUT2D eigenvalue weighted by molar-refractivity contribution is -0.133. The quantitative estimate of drug-likeness (QED) is 0.0645. The molecule has 4 amide bonds. The maximum Gasteiger partial charge on any atom is 0.243 e. The van der Waals surface area contributed by atoms with Gasteiger partial charge in [-0.2, -0.15) is 0 Å². The van der Waals surface area contributed by atoms with Crippen molar-refractivity contribution in [2.45, 2.75) is 43.8 Å². The molecule has 0 aliphatic rings. The summed E-state index contributed by atoms with van der Waals surface area (Å²) in [5.74, 6) is -2.55. The molecule has 41 heavy (non-hydrogen) atoms. The molecule has 1 heterocycles. The van der Waals surface area contributed by atoms with Gasteiger partial charge in [-0.1, -0.05) is 48.5 Å². The molecule has 218 valence electrons. The van der Waals surface area contributed by atoms with Gasteiger partial charge in [-0.3, -0.25) is 24.2 Å². The first-order valence-electron chi connectivity index (χ1n) is 13.2. The average Bonchev–Trinajstić information content (AvgIpc) is 3.35. The van der Waals surface area contributed by atoms with Gasteiger partial charge < -0.3 is 43.9 Å². The van der Waals surface area contributed by atoms with E-state index in [1.165, 1.54) is 0 Å². The van der Waals surface area contributed by atoms with Gasteiger partial charge in [0.25, 0.3) is 0 Å². The number of nitrogens with one attached hydrogen (secondary N) is 4. The molecule has 2 aromatic carbocycles. The third kappa shape index (κ3) is 9.65. The van der Waals surface area contributed by atoms with E-state index in [4.69, 9.17) is 22.9 Å². The Hall–Kier alpha value is -4.91. The van der Waals surface area contributed by atoms with Crippen LogP contribution in [0, 0.1) is 0 Å².